The van der Waals surface area contributed by atoms with Crippen LogP contribution in [-0.4, -0.2) is 44.8 Å². The van der Waals surface area contributed by atoms with Crippen molar-refractivity contribution in [2.24, 2.45) is 0 Å². The Morgan fingerprint density at radius 1 is 1.46 bits per heavy atom. The highest BCUT2D eigenvalue weighted by atomic mass is 32.2. The van der Waals surface area contributed by atoms with Gasteiger partial charge in [0.25, 0.3) is 0 Å². The molecule has 0 bridgehead atoms. The first-order valence-corrected chi connectivity index (χ1v) is 9.57. The minimum absolute atomic E-state index is 0.0529. The van der Waals surface area contributed by atoms with Gasteiger partial charge in [-0.15, -0.1) is 0 Å². The quantitative estimate of drug-likeness (QED) is 0.658. The fraction of sp³-hybridized carbons (Fsp3) is 0.562. The van der Waals surface area contributed by atoms with Crippen LogP contribution < -0.4 is 10.0 Å². The molecule has 2 atom stereocenters. The highest BCUT2D eigenvalue weighted by Crippen LogP contribution is 2.22. The molecule has 0 radical (unpaired) electrons. The van der Waals surface area contributed by atoms with E-state index in [4.69, 9.17) is 4.74 Å². The number of aromatic carboxylic acids is 1. The lowest BCUT2D eigenvalue weighted by molar-refractivity contribution is 0.0697. The van der Waals surface area contributed by atoms with Crippen molar-refractivity contribution in [1.29, 1.82) is 0 Å². The number of sulfonamides is 1. The Morgan fingerprint density at radius 2 is 2.21 bits per heavy atom. The molecule has 0 aliphatic carbocycles. The Bertz CT molecular complexity index is 684. The minimum Gasteiger partial charge on any atom is -0.478 e. The molecule has 1 saturated heterocycles. The van der Waals surface area contributed by atoms with Gasteiger partial charge in [-0.3, -0.25) is 0 Å². The van der Waals surface area contributed by atoms with Gasteiger partial charge < -0.3 is 15.2 Å². The van der Waals surface area contributed by atoms with Crippen LogP contribution in [0.3, 0.4) is 0 Å². The van der Waals surface area contributed by atoms with Crippen LogP contribution in [0.4, 0.5) is 5.69 Å². The van der Waals surface area contributed by atoms with Crippen LogP contribution in [0.2, 0.25) is 0 Å². The second-order valence-corrected chi connectivity index (χ2v) is 7.67. The maximum Gasteiger partial charge on any atom is 0.337 e. The summed E-state index contributed by atoms with van der Waals surface area (Å²) in [5, 5.41) is 12.4. The number of hydrogen-bond acceptors (Lipinski definition) is 5. The zero-order valence-corrected chi connectivity index (χ0v) is 14.7. The number of carbonyl (C=O) groups is 1. The number of carboxylic acids is 1. The molecule has 0 amide bonds. The standard InChI is InChI=1S/C16H24N2O5S/c1-3-11(2)18-24(21,22)13-6-7-15(14(9-13)16(19)20)17-10-12-5-4-8-23-12/h6-7,9,11-12,17-18H,3-5,8,10H2,1-2H3,(H,19,20)/t11-,12-/m0/s1. The molecular formula is C16H24N2O5S. The largest absolute Gasteiger partial charge is 0.478 e. The van der Waals surface area contributed by atoms with Crippen molar-refractivity contribution < 1.29 is 23.1 Å². The summed E-state index contributed by atoms with van der Waals surface area (Å²) in [4.78, 5) is 11.4. The summed E-state index contributed by atoms with van der Waals surface area (Å²) < 4.78 is 32.6. The van der Waals surface area contributed by atoms with Gasteiger partial charge in [-0.05, 0) is 44.4 Å². The molecule has 0 spiro atoms. The average molecular weight is 356 g/mol. The van der Waals surface area contributed by atoms with Gasteiger partial charge in [-0.1, -0.05) is 6.92 Å². The number of carboxylic acid groups (broad SMARTS) is 1. The summed E-state index contributed by atoms with van der Waals surface area (Å²) >= 11 is 0. The van der Waals surface area contributed by atoms with Crippen molar-refractivity contribution in [3.05, 3.63) is 23.8 Å². The summed E-state index contributed by atoms with van der Waals surface area (Å²) in [7, 11) is -3.74. The lowest BCUT2D eigenvalue weighted by atomic mass is 10.1. The fourth-order valence-electron chi connectivity index (χ4n) is 2.47. The first kappa shape index (κ1) is 18.7. The summed E-state index contributed by atoms with van der Waals surface area (Å²) in [5.74, 6) is -1.18. The molecule has 24 heavy (non-hydrogen) atoms. The van der Waals surface area contributed by atoms with Crippen molar-refractivity contribution in [2.75, 3.05) is 18.5 Å². The van der Waals surface area contributed by atoms with Crippen molar-refractivity contribution >= 4 is 21.7 Å². The molecule has 1 fully saturated rings. The third-order valence-corrected chi connectivity index (χ3v) is 5.63. The van der Waals surface area contributed by atoms with E-state index >= 15 is 0 Å². The number of hydrogen-bond donors (Lipinski definition) is 3. The highest BCUT2D eigenvalue weighted by Gasteiger charge is 2.21. The monoisotopic (exact) mass is 356 g/mol. The van der Waals surface area contributed by atoms with Crippen LogP contribution >= 0.6 is 0 Å². The summed E-state index contributed by atoms with van der Waals surface area (Å²) in [6.07, 6.45) is 2.63. The van der Waals surface area contributed by atoms with Crippen LogP contribution in [0.5, 0.6) is 0 Å². The maximum atomic E-state index is 12.3. The normalized spacial score (nSPS) is 19.2. The predicted molar refractivity (Wildman–Crippen MR) is 90.9 cm³/mol. The van der Waals surface area contributed by atoms with Gasteiger partial charge in [0.2, 0.25) is 10.0 Å². The number of ether oxygens (including phenoxy) is 1. The molecule has 1 aliphatic rings. The molecule has 0 saturated carbocycles. The second kappa shape index (κ2) is 7.96. The SMILES string of the molecule is CC[C@H](C)NS(=O)(=O)c1ccc(NC[C@@H]2CCCO2)c(C(=O)O)c1. The average Bonchev–Trinajstić information content (AvgIpc) is 3.05. The Hall–Kier alpha value is -1.64. The summed E-state index contributed by atoms with van der Waals surface area (Å²) in [6, 6.07) is 3.87. The van der Waals surface area contributed by atoms with Gasteiger partial charge in [0.05, 0.1) is 16.6 Å². The van der Waals surface area contributed by atoms with Gasteiger partial charge in [0, 0.05) is 24.9 Å². The van der Waals surface area contributed by atoms with E-state index in [1.807, 2.05) is 6.92 Å². The van der Waals surface area contributed by atoms with E-state index in [0.29, 0.717) is 18.7 Å². The molecule has 134 valence electrons. The molecule has 1 aromatic carbocycles. The topological polar surface area (TPSA) is 105 Å². The molecule has 0 unspecified atom stereocenters. The van der Waals surface area contributed by atoms with E-state index < -0.39 is 16.0 Å². The molecule has 8 heteroatoms. The molecule has 3 N–H and O–H groups in total. The van der Waals surface area contributed by atoms with Crippen LogP contribution in [0.15, 0.2) is 23.1 Å². The zero-order chi connectivity index (χ0) is 17.7. The van der Waals surface area contributed by atoms with Crippen molar-refractivity contribution in [3.63, 3.8) is 0 Å². The molecule has 2 rings (SSSR count). The van der Waals surface area contributed by atoms with E-state index in [0.717, 1.165) is 19.4 Å². The van der Waals surface area contributed by atoms with Crippen LogP contribution in [0, 0.1) is 0 Å². The smallest absolute Gasteiger partial charge is 0.337 e. The van der Waals surface area contributed by atoms with E-state index in [1.54, 1.807) is 6.92 Å². The summed E-state index contributed by atoms with van der Waals surface area (Å²) in [5.41, 5.74) is 0.320. The Morgan fingerprint density at radius 3 is 2.79 bits per heavy atom. The van der Waals surface area contributed by atoms with E-state index in [9.17, 15) is 18.3 Å². The predicted octanol–water partition coefficient (Wildman–Crippen LogP) is 2.05. The fourth-order valence-corrected chi connectivity index (χ4v) is 3.82. The Kier molecular flexibility index (Phi) is 6.20. The highest BCUT2D eigenvalue weighted by molar-refractivity contribution is 7.89. The molecule has 7 nitrogen and oxygen atoms in total. The third-order valence-electron chi connectivity index (χ3n) is 4.04. The molecule has 1 aromatic rings. The van der Waals surface area contributed by atoms with Crippen molar-refractivity contribution in [1.82, 2.24) is 4.72 Å². The molecule has 1 heterocycles. The van der Waals surface area contributed by atoms with Crippen molar-refractivity contribution in [2.45, 2.75) is 50.2 Å². The zero-order valence-electron chi connectivity index (χ0n) is 13.9. The minimum atomic E-state index is -3.74. The first-order chi connectivity index (χ1) is 11.3. The third kappa shape index (κ3) is 4.68. The molecule has 1 aliphatic heterocycles. The number of nitrogens with one attached hydrogen (secondary N) is 2. The van der Waals surface area contributed by atoms with Gasteiger partial charge in [-0.2, -0.15) is 0 Å². The van der Waals surface area contributed by atoms with Crippen molar-refractivity contribution in [3.8, 4) is 0 Å². The summed E-state index contributed by atoms with van der Waals surface area (Å²) in [6.45, 7) is 4.84. The Balaban J connectivity index is 2.20. The van der Waals surface area contributed by atoms with Crippen LogP contribution in [-0.2, 0) is 14.8 Å². The van der Waals surface area contributed by atoms with Crippen LogP contribution in [0.1, 0.15) is 43.5 Å². The second-order valence-electron chi connectivity index (χ2n) is 5.96. The lowest BCUT2D eigenvalue weighted by Gasteiger charge is -2.16. The number of benzene rings is 1. The van der Waals surface area contributed by atoms with Gasteiger partial charge in [-0.25, -0.2) is 17.9 Å². The van der Waals surface area contributed by atoms with Gasteiger partial charge in [0.1, 0.15) is 0 Å². The van der Waals surface area contributed by atoms with Gasteiger partial charge >= 0.3 is 5.97 Å². The van der Waals surface area contributed by atoms with Crippen LogP contribution in [0.25, 0.3) is 0 Å². The van der Waals surface area contributed by atoms with E-state index in [1.165, 1.54) is 18.2 Å². The van der Waals surface area contributed by atoms with E-state index in [-0.39, 0.29) is 22.6 Å². The molecular weight excluding hydrogens is 332 g/mol. The lowest BCUT2D eigenvalue weighted by Crippen LogP contribution is -2.32. The Labute approximate surface area is 142 Å². The molecule has 0 aromatic heterocycles. The first-order valence-electron chi connectivity index (χ1n) is 8.08. The van der Waals surface area contributed by atoms with E-state index in [2.05, 4.69) is 10.0 Å². The number of anilines is 1. The number of rotatable bonds is 8. The maximum absolute atomic E-state index is 12.3. The van der Waals surface area contributed by atoms with Gasteiger partial charge in [0.15, 0.2) is 0 Å².